The molecule has 0 saturated carbocycles. The van der Waals surface area contributed by atoms with Crippen LogP contribution in [0.3, 0.4) is 0 Å². The molecule has 0 aliphatic heterocycles. The van der Waals surface area contributed by atoms with Crippen molar-refractivity contribution in [3.05, 3.63) is 102 Å². The summed E-state index contributed by atoms with van der Waals surface area (Å²) in [6.45, 7) is 11.0. The summed E-state index contributed by atoms with van der Waals surface area (Å²) >= 11 is 0. The number of alkyl halides is 3. The minimum Gasteiger partial charge on any atom is -0.494 e. The largest absolute Gasteiger partial charge is 0.494 e. The molecule has 0 spiro atoms. The van der Waals surface area contributed by atoms with Crippen LogP contribution in [0.1, 0.15) is 65.5 Å². The lowest BCUT2D eigenvalue weighted by Gasteiger charge is -2.28. The highest BCUT2D eigenvalue weighted by molar-refractivity contribution is 6.04. The van der Waals surface area contributed by atoms with Gasteiger partial charge >= 0.3 is 24.3 Å². The fourth-order valence-electron chi connectivity index (χ4n) is 4.92. The predicted molar refractivity (Wildman–Crippen MR) is 213 cm³/mol. The number of ether oxygens (including phenoxy) is 4. The number of carbonyl (C=O) groups excluding carboxylic acids is 3. The van der Waals surface area contributed by atoms with Crippen molar-refractivity contribution in [2.45, 2.75) is 71.8 Å². The van der Waals surface area contributed by atoms with Crippen LogP contribution in [-0.2, 0) is 19.0 Å². The summed E-state index contributed by atoms with van der Waals surface area (Å²) in [6.07, 6.45) is 0.823. The molecule has 0 radical (unpaired) electrons. The van der Waals surface area contributed by atoms with Crippen molar-refractivity contribution in [2.75, 3.05) is 33.0 Å². The third-order valence-corrected chi connectivity index (χ3v) is 7.50. The Morgan fingerprint density at radius 2 is 1.45 bits per heavy atom. The topological polar surface area (TPSA) is 187 Å². The normalized spacial score (nSPS) is 14.1. The molecule has 58 heavy (non-hydrogen) atoms. The lowest BCUT2D eigenvalue weighted by atomic mass is 10.0. The summed E-state index contributed by atoms with van der Waals surface area (Å²) in [6, 6.07) is 15.6. The lowest BCUT2D eigenvalue weighted by Crippen LogP contribution is -2.43. The van der Waals surface area contributed by atoms with Crippen LogP contribution >= 0.6 is 0 Å². The van der Waals surface area contributed by atoms with Gasteiger partial charge < -0.3 is 34.5 Å². The zero-order chi connectivity index (χ0) is 42.9. The Bertz CT molecular complexity index is 1860. The van der Waals surface area contributed by atoms with Gasteiger partial charge in [-0.15, -0.1) is 0 Å². The highest BCUT2D eigenvalue weighted by Gasteiger charge is 2.38. The molecule has 1 unspecified atom stereocenters. The van der Waals surface area contributed by atoms with Gasteiger partial charge in [-0.3, -0.25) is 26.2 Å². The number of nitrogens with zero attached hydrogens (tertiary/aromatic N) is 1. The van der Waals surface area contributed by atoms with Crippen LogP contribution in [0.5, 0.6) is 5.75 Å². The number of rotatable bonds is 17. The van der Waals surface area contributed by atoms with Crippen molar-refractivity contribution in [3.8, 4) is 5.75 Å². The number of benzene rings is 2. The molecular weight excluding hydrogens is 759 g/mol. The molecule has 314 valence electrons. The number of alkyl carbamates (subject to hydrolysis) is 2. The summed E-state index contributed by atoms with van der Waals surface area (Å²) in [7, 11) is 0. The molecule has 14 nitrogen and oxygen atoms in total. The number of carbonyl (C=O) groups is 3. The van der Waals surface area contributed by atoms with E-state index in [0.717, 1.165) is 0 Å². The molecular formula is C41H52F3N7O7. The SMILES string of the molecule is CC(C)(C)OC(=O)NC(=N)c1ccc(OCCCN/C=C(/c2ccccc2)N(CCCOC2=C=CC(C(=N)NC(=O)OC(C)(C)C)C=C2)CNC(=O)C(F)(F)F)cc1. The van der Waals surface area contributed by atoms with Crippen molar-refractivity contribution in [1.82, 2.24) is 26.2 Å². The molecule has 0 bridgehead atoms. The minimum atomic E-state index is -5.06. The third-order valence-electron chi connectivity index (χ3n) is 7.50. The fraction of sp³-hybridized carbons (Fsp3) is 0.415. The van der Waals surface area contributed by atoms with Crippen molar-refractivity contribution in [2.24, 2.45) is 5.92 Å². The van der Waals surface area contributed by atoms with E-state index >= 15 is 0 Å². The number of hydrogen-bond acceptors (Lipinski definition) is 11. The van der Waals surface area contributed by atoms with E-state index < -0.39 is 48.1 Å². The van der Waals surface area contributed by atoms with Crippen LogP contribution in [0.25, 0.3) is 5.70 Å². The second-order valence-electron chi connectivity index (χ2n) is 14.8. The monoisotopic (exact) mass is 811 g/mol. The first-order valence-electron chi connectivity index (χ1n) is 18.5. The average Bonchev–Trinajstić information content (AvgIpc) is 3.13. The number of halogens is 3. The van der Waals surface area contributed by atoms with Crippen molar-refractivity contribution in [1.29, 1.82) is 10.8 Å². The smallest absolute Gasteiger partial charge is 0.471 e. The van der Waals surface area contributed by atoms with Crippen LogP contribution in [0.4, 0.5) is 22.8 Å². The van der Waals surface area contributed by atoms with E-state index in [9.17, 15) is 27.6 Å². The van der Waals surface area contributed by atoms with E-state index in [1.807, 2.05) is 5.32 Å². The summed E-state index contributed by atoms with van der Waals surface area (Å²) in [5, 5.41) is 26.2. The highest BCUT2D eigenvalue weighted by Crippen LogP contribution is 2.21. The minimum absolute atomic E-state index is 0.102. The first-order valence-corrected chi connectivity index (χ1v) is 18.5. The molecule has 0 fully saturated rings. The predicted octanol–water partition coefficient (Wildman–Crippen LogP) is 6.97. The Morgan fingerprint density at radius 3 is 2.03 bits per heavy atom. The Morgan fingerprint density at radius 1 is 0.828 bits per heavy atom. The van der Waals surface area contributed by atoms with Gasteiger partial charge in [-0.05, 0) is 96.4 Å². The maximum atomic E-state index is 13.2. The molecule has 17 heteroatoms. The highest BCUT2D eigenvalue weighted by atomic mass is 19.4. The summed E-state index contributed by atoms with van der Waals surface area (Å²) in [4.78, 5) is 37.4. The summed E-state index contributed by atoms with van der Waals surface area (Å²) < 4.78 is 61.5. The number of hydrogen-bond donors (Lipinski definition) is 6. The van der Waals surface area contributed by atoms with Crippen molar-refractivity contribution in [3.63, 3.8) is 0 Å². The van der Waals surface area contributed by atoms with Gasteiger partial charge in [-0.2, -0.15) is 13.2 Å². The number of amides is 3. The molecule has 1 aliphatic carbocycles. The van der Waals surface area contributed by atoms with E-state index in [2.05, 4.69) is 21.7 Å². The maximum Gasteiger partial charge on any atom is 0.471 e. The fourth-order valence-corrected chi connectivity index (χ4v) is 4.92. The van der Waals surface area contributed by atoms with Gasteiger partial charge in [0.05, 0.1) is 31.5 Å². The van der Waals surface area contributed by atoms with Gasteiger partial charge in [0, 0.05) is 24.9 Å². The number of amidine groups is 2. The molecule has 2 aromatic carbocycles. The second kappa shape index (κ2) is 21.3. The van der Waals surface area contributed by atoms with Crippen molar-refractivity contribution < 1.29 is 46.5 Å². The van der Waals surface area contributed by atoms with Gasteiger partial charge in [-0.25, -0.2) is 9.59 Å². The van der Waals surface area contributed by atoms with E-state index in [1.165, 1.54) is 0 Å². The Kier molecular flexibility index (Phi) is 17.0. The zero-order valence-electron chi connectivity index (χ0n) is 33.5. The molecule has 0 saturated heterocycles. The first kappa shape index (κ1) is 46.2. The average molecular weight is 812 g/mol. The molecule has 3 rings (SSSR count). The van der Waals surface area contributed by atoms with Crippen LogP contribution in [0.15, 0.2) is 90.5 Å². The molecule has 1 atom stereocenters. The van der Waals surface area contributed by atoms with E-state index in [1.54, 1.807) is 125 Å². The number of nitrogens with one attached hydrogen (secondary N) is 6. The van der Waals surface area contributed by atoms with Crippen LogP contribution < -0.4 is 26.0 Å². The van der Waals surface area contributed by atoms with Gasteiger partial charge in [-0.1, -0.05) is 42.1 Å². The van der Waals surface area contributed by atoms with Crippen LogP contribution in [0, 0.1) is 16.7 Å². The third kappa shape index (κ3) is 17.3. The summed E-state index contributed by atoms with van der Waals surface area (Å²) in [5.74, 6) is -1.94. The van der Waals surface area contributed by atoms with Gasteiger partial charge in [0.1, 0.15) is 28.6 Å². The van der Waals surface area contributed by atoms with Gasteiger partial charge in [0.15, 0.2) is 5.76 Å². The van der Waals surface area contributed by atoms with Gasteiger partial charge in [0.25, 0.3) is 0 Å². The maximum absolute atomic E-state index is 13.2. The summed E-state index contributed by atoms with van der Waals surface area (Å²) in [5.41, 5.74) is 3.19. The quantitative estimate of drug-likeness (QED) is 0.0323. The van der Waals surface area contributed by atoms with Crippen molar-refractivity contribution >= 4 is 35.5 Å². The van der Waals surface area contributed by atoms with E-state index in [-0.39, 0.29) is 24.8 Å². The molecule has 0 aromatic heterocycles. The molecule has 0 heterocycles. The van der Waals surface area contributed by atoms with Crippen LogP contribution in [-0.4, -0.2) is 85.0 Å². The van der Waals surface area contributed by atoms with E-state index in [0.29, 0.717) is 54.3 Å². The Balaban J connectivity index is 1.59. The molecule has 2 aromatic rings. The van der Waals surface area contributed by atoms with Gasteiger partial charge in [0.2, 0.25) is 0 Å². The standard InChI is InChI=1S/C41H52F3N7O7/c1-39(2,3)57-37(53)49-34(45)29-14-18-31(19-15-29)55-24-10-22-47-26-33(28-12-8-7-9-13-28)51(27-48-36(52)41(42,43)44)23-11-25-56-32-20-16-30(17-21-32)35(46)50-38(54)58-40(4,5)6/h7-9,12-20,26,30,47H,10-11,22-25,27H2,1-6H3,(H,48,52)(H2,45,49,53)(H2,46,50,54)/b33-26-. The molecule has 3 amide bonds. The Labute approximate surface area is 336 Å². The zero-order valence-corrected chi connectivity index (χ0v) is 33.5. The second-order valence-corrected chi connectivity index (χ2v) is 14.8. The van der Waals surface area contributed by atoms with Crippen LogP contribution in [0.2, 0.25) is 0 Å². The lowest BCUT2D eigenvalue weighted by molar-refractivity contribution is -0.174. The molecule has 6 N–H and O–H groups in total. The first-order chi connectivity index (χ1) is 27.2. The Hall–Kier alpha value is -6.22. The molecule has 1 aliphatic rings. The van der Waals surface area contributed by atoms with E-state index in [4.69, 9.17) is 29.8 Å².